The Labute approximate surface area is 110 Å². The standard InChI is InChI=1S/C13H26N4O/c1-10(7-8-16(3)4)14-9-12-11(2)15-17(5)13(12)18-6/h10,14H,7-9H2,1-6H3. The molecule has 1 rings (SSSR count). The number of ether oxygens (including phenoxy) is 1. The third kappa shape index (κ3) is 3.99. The van der Waals surface area contributed by atoms with Gasteiger partial charge in [-0.15, -0.1) is 0 Å². The van der Waals surface area contributed by atoms with E-state index in [1.807, 2.05) is 14.0 Å². The second kappa shape index (κ2) is 6.75. The second-order valence-electron chi connectivity index (χ2n) is 5.07. The molecule has 1 unspecified atom stereocenters. The molecule has 0 aliphatic rings. The van der Waals surface area contributed by atoms with Gasteiger partial charge in [0.2, 0.25) is 5.88 Å². The highest BCUT2D eigenvalue weighted by Crippen LogP contribution is 2.20. The van der Waals surface area contributed by atoms with E-state index in [2.05, 4.69) is 36.3 Å². The van der Waals surface area contributed by atoms with E-state index in [4.69, 9.17) is 4.74 Å². The zero-order chi connectivity index (χ0) is 13.7. The van der Waals surface area contributed by atoms with E-state index in [0.717, 1.165) is 36.6 Å². The van der Waals surface area contributed by atoms with Crippen LogP contribution in [-0.2, 0) is 13.6 Å². The lowest BCUT2D eigenvalue weighted by molar-refractivity contribution is 0.356. The number of aromatic nitrogens is 2. The molecular formula is C13H26N4O. The molecule has 0 spiro atoms. The summed E-state index contributed by atoms with van der Waals surface area (Å²) in [6.45, 7) is 6.13. The largest absolute Gasteiger partial charge is 0.481 e. The summed E-state index contributed by atoms with van der Waals surface area (Å²) < 4.78 is 7.17. The molecule has 0 aliphatic carbocycles. The second-order valence-corrected chi connectivity index (χ2v) is 5.07. The molecule has 1 aromatic rings. The molecule has 0 saturated carbocycles. The Morgan fingerprint density at radius 3 is 2.67 bits per heavy atom. The average Bonchev–Trinajstić information content (AvgIpc) is 2.57. The Morgan fingerprint density at radius 1 is 1.44 bits per heavy atom. The third-order valence-electron chi connectivity index (χ3n) is 3.12. The first-order chi connectivity index (χ1) is 8.45. The molecule has 0 aliphatic heterocycles. The van der Waals surface area contributed by atoms with Crippen LogP contribution in [0.1, 0.15) is 24.6 Å². The Balaban J connectivity index is 2.52. The Kier molecular flexibility index (Phi) is 5.62. The Morgan fingerprint density at radius 2 is 2.11 bits per heavy atom. The highest BCUT2D eigenvalue weighted by atomic mass is 16.5. The number of hydrogen-bond donors (Lipinski definition) is 1. The maximum atomic E-state index is 5.38. The summed E-state index contributed by atoms with van der Waals surface area (Å²) in [6.07, 6.45) is 1.13. The summed E-state index contributed by atoms with van der Waals surface area (Å²) in [5.41, 5.74) is 2.18. The summed E-state index contributed by atoms with van der Waals surface area (Å²) >= 11 is 0. The summed E-state index contributed by atoms with van der Waals surface area (Å²) in [4.78, 5) is 2.20. The number of nitrogens with one attached hydrogen (secondary N) is 1. The van der Waals surface area contributed by atoms with E-state index >= 15 is 0 Å². The van der Waals surface area contributed by atoms with Crippen molar-refractivity contribution >= 4 is 0 Å². The molecular weight excluding hydrogens is 228 g/mol. The molecule has 0 bridgehead atoms. The molecule has 1 N–H and O–H groups in total. The monoisotopic (exact) mass is 254 g/mol. The summed E-state index contributed by atoms with van der Waals surface area (Å²) in [6, 6.07) is 0.483. The molecule has 5 heteroatoms. The average molecular weight is 254 g/mol. The van der Waals surface area contributed by atoms with Crippen LogP contribution in [0, 0.1) is 6.92 Å². The van der Waals surface area contributed by atoms with Crippen molar-refractivity contribution in [1.29, 1.82) is 0 Å². The molecule has 0 amide bonds. The van der Waals surface area contributed by atoms with Crippen molar-refractivity contribution in [3.63, 3.8) is 0 Å². The third-order valence-corrected chi connectivity index (χ3v) is 3.12. The van der Waals surface area contributed by atoms with E-state index in [-0.39, 0.29) is 0 Å². The number of methoxy groups -OCH3 is 1. The fraction of sp³-hybridized carbons (Fsp3) is 0.769. The first-order valence-electron chi connectivity index (χ1n) is 6.40. The van der Waals surface area contributed by atoms with Crippen LogP contribution >= 0.6 is 0 Å². The summed E-state index contributed by atoms with van der Waals surface area (Å²) in [5.74, 6) is 0.847. The first-order valence-corrected chi connectivity index (χ1v) is 6.40. The smallest absolute Gasteiger partial charge is 0.216 e. The van der Waals surface area contributed by atoms with Crippen LogP contribution in [0.25, 0.3) is 0 Å². The van der Waals surface area contributed by atoms with Crippen LogP contribution in [0.5, 0.6) is 5.88 Å². The molecule has 104 valence electrons. The van der Waals surface area contributed by atoms with Gasteiger partial charge in [-0.25, -0.2) is 4.68 Å². The van der Waals surface area contributed by atoms with Crippen LogP contribution in [0.15, 0.2) is 0 Å². The molecule has 0 radical (unpaired) electrons. The number of rotatable bonds is 7. The van der Waals surface area contributed by atoms with Crippen molar-refractivity contribution in [1.82, 2.24) is 20.0 Å². The van der Waals surface area contributed by atoms with E-state index in [0.29, 0.717) is 6.04 Å². The number of hydrogen-bond acceptors (Lipinski definition) is 4. The lowest BCUT2D eigenvalue weighted by atomic mass is 10.2. The lowest BCUT2D eigenvalue weighted by Gasteiger charge is -2.16. The molecule has 0 saturated heterocycles. The van der Waals surface area contributed by atoms with Crippen molar-refractivity contribution in [3.05, 3.63) is 11.3 Å². The Hall–Kier alpha value is -1.07. The normalized spacial score (nSPS) is 13.1. The molecule has 1 heterocycles. The van der Waals surface area contributed by atoms with Crippen molar-refractivity contribution in [2.24, 2.45) is 7.05 Å². The first kappa shape index (κ1) is 15.0. The summed E-state index contributed by atoms with van der Waals surface area (Å²) in [7, 11) is 7.79. The van der Waals surface area contributed by atoms with Crippen LogP contribution < -0.4 is 10.1 Å². The van der Waals surface area contributed by atoms with Crippen LogP contribution in [-0.4, -0.2) is 48.5 Å². The molecule has 0 fully saturated rings. The van der Waals surface area contributed by atoms with Gasteiger partial charge >= 0.3 is 0 Å². The van der Waals surface area contributed by atoms with Crippen molar-refractivity contribution < 1.29 is 4.74 Å². The van der Waals surface area contributed by atoms with Gasteiger partial charge in [0.25, 0.3) is 0 Å². The zero-order valence-electron chi connectivity index (χ0n) is 12.4. The van der Waals surface area contributed by atoms with Gasteiger partial charge in [0.1, 0.15) is 0 Å². The number of nitrogens with zero attached hydrogens (tertiary/aromatic N) is 3. The molecule has 0 aromatic carbocycles. The maximum absolute atomic E-state index is 5.38. The lowest BCUT2D eigenvalue weighted by Crippen LogP contribution is -2.29. The number of aryl methyl sites for hydroxylation is 2. The van der Waals surface area contributed by atoms with Crippen molar-refractivity contribution in [2.75, 3.05) is 27.7 Å². The highest BCUT2D eigenvalue weighted by molar-refractivity contribution is 5.30. The van der Waals surface area contributed by atoms with Gasteiger partial charge in [0, 0.05) is 19.6 Å². The van der Waals surface area contributed by atoms with Crippen LogP contribution in [0.3, 0.4) is 0 Å². The minimum atomic E-state index is 0.483. The van der Waals surface area contributed by atoms with Gasteiger partial charge in [-0.3, -0.25) is 0 Å². The fourth-order valence-electron chi connectivity index (χ4n) is 1.97. The maximum Gasteiger partial charge on any atom is 0.216 e. The van der Waals surface area contributed by atoms with Gasteiger partial charge in [-0.2, -0.15) is 5.10 Å². The topological polar surface area (TPSA) is 42.3 Å². The quantitative estimate of drug-likeness (QED) is 0.793. The highest BCUT2D eigenvalue weighted by Gasteiger charge is 2.14. The predicted octanol–water partition coefficient (Wildman–Crippen LogP) is 1.17. The van der Waals surface area contributed by atoms with E-state index < -0.39 is 0 Å². The Bertz CT molecular complexity index is 373. The van der Waals surface area contributed by atoms with E-state index in [1.165, 1.54) is 0 Å². The fourth-order valence-corrected chi connectivity index (χ4v) is 1.97. The molecule has 5 nitrogen and oxygen atoms in total. The van der Waals surface area contributed by atoms with Gasteiger partial charge < -0.3 is 15.0 Å². The van der Waals surface area contributed by atoms with Crippen LogP contribution in [0.2, 0.25) is 0 Å². The van der Waals surface area contributed by atoms with Crippen molar-refractivity contribution in [3.8, 4) is 5.88 Å². The van der Waals surface area contributed by atoms with Gasteiger partial charge in [-0.1, -0.05) is 0 Å². The zero-order valence-corrected chi connectivity index (χ0v) is 12.4. The van der Waals surface area contributed by atoms with Gasteiger partial charge in [0.05, 0.1) is 18.4 Å². The van der Waals surface area contributed by atoms with Crippen LogP contribution in [0.4, 0.5) is 0 Å². The van der Waals surface area contributed by atoms with Gasteiger partial charge in [0.15, 0.2) is 0 Å². The minimum absolute atomic E-state index is 0.483. The predicted molar refractivity (Wildman–Crippen MR) is 74.0 cm³/mol. The van der Waals surface area contributed by atoms with Gasteiger partial charge in [-0.05, 0) is 40.9 Å². The molecule has 1 atom stereocenters. The van der Waals surface area contributed by atoms with E-state index in [9.17, 15) is 0 Å². The van der Waals surface area contributed by atoms with E-state index in [1.54, 1.807) is 11.8 Å². The summed E-state index contributed by atoms with van der Waals surface area (Å²) in [5, 5.41) is 7.90. The molecule has 18 heavy (non-hydrogen) atoms. The SMILES string of the molecule is COc1c(CNC(C)CCN(C)C)c(C)nn1C. The minimum Gasteiger partial charge on any atom is -0.481 e. The molecule has 1 aromatic heterocycles. The van der Waals surface area contributed by atoms with Crippen molar-refractivity contribution in [2.45, 2.75) is 32.9 Å².